The molecule has 0 N–H and O–H groups in total. The Morgan fingerprint density at radius 3 is 1.73 bits per heavy atom. The van der Waals surface area contributed by atoms with Crippen molar-refractivity contribution < 1.29 is 4.43 Å². The van der Waals surface area contributed by atoms with Gasteiger partial charge >= 0.3 is 0 Å². The molecule has 0 saturated carbocycles. The molecular formula is C8H19ClOSi. The van der Waals surface area contributed by atoms with Crippen molar-refractivity contribution in [3.8, 4) is 0 Å². The summed E-state index contributed by atoms with van der Waals surface area (Å²) in [5.74, 6) is 0. The van der Waals surface area contributed by atoms with Gasteiger partial charge in [0.1, 0.15) is 0 Å². The van der Waals surface area contributed by atoms with Crippen LogP contribution < -0.4 is 0 Å². The Hall–Kier alpha value is 0.467. The maximum absolute atomic E-state index is 6.05. The highest BCUT2D eigenvalue weighted by molar-refractivity contribution is 7.15. The highest BCUT2D eigenvalue weighted by Gasteiger charge is 2.28. The van der Waals surface area contributed by atoms with Crippen LogP contribution in [0.15, 0.2) is 0 Å². The minimum Gasteiger partial charge on any atom is -0.400 e. The molecule has 0 aliphatic carbocycles. The Bertz CT molecular complexity index is 123. The molecule has 1 nitrogen and oxygen atoms in total. The zero-order chi connectivity index (χ0) is 9.28. The molecule has 0 amide bonds. The molecule has 0 aromatic heterocycles. The van der Waals surface area contributed by atoms with E-state index < -0.39 is 7.63 Å². The molecular weight excluding hydrogens is 176 g/mol. The van der Waals surface area contributed by atoms with Crippen LogP contribution in [0, 0.1) is 5.41 Å². The van der Waals surface area contributed by atoms with E-state index >= 15 is 0 Å². The Kier molecular flexibility index (Phi) is 3.61. The summed E-state index contributed by atoms with van der Waals surface area (Å²) >= 11 is 6.05. The van der Waals surface area contributed by atoms with Crippen molar-refractivity contribution in [1.82, 2.24) is 0 Å². The Morgan fingerprint density at radius 2 is 1.64 bits per heavy atom. The van der Waals surface area contributed by atoms with E-state index in [1.165, 1.54) is 0 Å². The normalized spacial score (nSPS) is 16.6. The Balaban J connectivity index is 3.99. The second-order valence-electron chi connectivity index (χ2n) is 4.49. The quantitative estimate of drug-likeness (QED) is 0.484. The van der Waals surface area contributed by atoms with Gasteiger partial charge in [-0.15, -0.1) is 11.1 Å². The van der Waals surface area contributed by atoms with Gasteiger partial charge < -0.3 is 4.43 Å². The molecule has 0 fully saturated rings. The van der Waals surface area contributed by atoms with Crippen LogP contribution >= 0.6 is 11.1 Å². The average Bonchev–Trinajstić information content (AvgIpc) is 1.56. The highest BCUT2D eigenvalue weighted by atomic mass is 35.6. The van der Waals surface area contributed by atoms with Gasteiger partial charge in [0.2, 0.25) is 0 Å². The van der Waals surface area contributed by atoms with Gasteiger partial charge in [-0.2, -0.15) is 0 Å². The summed E-state index contributed by atoms with van der Waals surface area (Å²) in [6.45, 7) is 12.6. The third-order valence-electron chi connectivity index (χ3n) is 1.68. The molecule has 0 aromatic rings. The van der Waals surface area contributed by atoms with E-state index in [0.29, 0.717) is 0 Å². The van der Waals surface area contributed by atoms with Gasteiger partial charge in [-0.05, 0) is 25.4 Å². The van der Waals surface area contributed by atoms with Crippen molar-refractivity contribution >= 4 is 18.7 Å². The van der Waals surface area contributed by atoms with Crippen molar-refractivity contribution in [2.24, 2.45) is 5.41 Å². The SMILES string of the molecule is CC(O[Si](C)(C)Cl)C(C)(C)C. The second-order valence-corrected chi connectivity index (χ2v) is 10.2. The first-order valence-corrected chi connectivity index (χ1v) is 7.91. The van der Waals surface area contributed by atoms with Crippen LogP contribution in [0.1, 0.15) is 27.7 Å². The van der Waals surface area contributed by atoms with Crippen LogP contribution in [0.4, 0.5) is 0 Å². The summed E-state index contributed by atoms with van der Waals surface area (Å²) in [4.78, 5) is 0. The van der Waals surface area contributed by atoms with E-state index in [0.717, 1.165) is 0 Å². The van der Waals surface area contributed by atoms with Crippen molar-refractivity contribution in [1.29, 1.82) is 0 Å². The molecule has 68 valence electrons. The van der Waals surface area contributed by atoms with Crippen LogP contribution in [-0.2, 0) is 4.43 Å². The van der Waals surface area contributed by atoms with Gasteiger partial charge in [-0.1, -0.05) is 20.8 Å². The van der Waals surface area contributed by atoms with E-state index in [2.05, 4.69) is 27.7 Å². The Morgan fingerprint density at radius 1 is 1.27 bits per heavy atom. The fourth-order valence-electron chi connectivity index (χ4n) is 0.597. The van der Waals surface area contributed by atoms with Gasteiger partial charge in [0.05, 0.1) is 0 Å². The average molecular weight is 195 g/mol. The third kappa shape index (κ3) is 5.71. The summed E-state index contributed by atoms with van der Waals surface area (Å²) < 4.78 is 5.71. The zero-order valence-electron chi connectivity index (χ0n) is 8.36. The minimum atomic E-state index is -1.86. The van der Waals surface area contributed by atoms with Crippen molar-refractivity contribution in [3.63, 3.8) is 0 Å². The van der Waals surface area contributed by atoms with E-state index in [4.69, 9.17) is 15.5 Å². The topological polar surface area (TPSA) is 9.23 Å². The molecule has 1 atom stereocenters. The summed E-state index contributed by atoms with van der Waals surface area (Å²) in [7, 11) is -1.86. The first-order valence-electron chi connectivity index (χ1n) is 3.99. The lowest BCUT2D eigenvalue weighted by molar-refractivity contribution is 0.101. The second kappa shape index (κ2) is 3.46. The van der Waals surface area contributed by atoms with E-state index in [1.807, 2.05) is 13.1 Å². The minimum absolute atomic E-state index is 0.194. The molecule has 0 aromatic carbocycles. The predicted molar refractivity (Wildman–Crippen MR) is 53.3 cm³/mol. The Labute approximate surface area is 75.9 Å². The summed E-state index contributed by atoms with van der Waals surface area (Å²) in [5, 5.41) is 0. The number of hydrogen-bond donors (Lipinski definition) is 0. The van der Waals surface area contributed by atoms with E-state index in [1.54, 1.807) is 0 Å². The fourth-order valence-corrected chi connectivity index (χ4v) is 2.19. The van der Waals surface area contributed by atoms with Crippen LogP contribution in [-0.4, -0.2) is 13.7 Å². The van der Waals surface area contributed by atoms with Crippen LogP contribution in [0.2, 0.25) is 13.1 Å². The summed E-state index contributed by atoms with van der Waals surface area (Å²) in [6.07, 6.45) is 0.238. The first kappa shape index (κ1) is 11.5. The highest BCUT2D eigenvalue weighted by Crippen LogP contribution is 2.25. The van der Waals surface area contributed by atoms with Crippen molar-refractivity contribution in [2.45, 2.75) is 46.9 Å². The lowest BCUT2D eigenvalue weighted by Crippen LogP contribution is -2.35. The molecule has 0 bridgehead atoms. The first-order chi connectivity index (χ1) is 4.63. The van der Waals surface area contributed by atoms with Gasteiger partial charge in [0.15, 0.2) is 0 Å². The lowest BCUT2D eigenvalue weighted by Gasteiger charge is -2.31. The molecule has 11 heavy (non-hydrogen) atoms. The molecule has 0 spiro atoms. The predicted octanol–water partition coefficient (Wildman–Crippen LogP) is 3.38. The monoisotopic (exact) mass is 194 g/mol. The molecule has 0 heterocycles. The molecule has 0 radical (unpaired) electrons. The maximum Gasteiger partial charge on any atom is 0.284 e. The van der Waals surface area contributed by atoms with Crippen LogP contribution in [0.5, 0.6) is 0 Å². The fraction of sp³-hybridized carbons (Fsp3) is 1.00. The largest absolute Gasteiger partial charge is 0.400 e. The number of hydrogen-bond acceptors (Lipinski definition) is 1. The van der Waals surface area contributed by atoms with E-state index in [9.17, 15) is 0 Å². The molecule has 0 aliphatic rings. The van der Waals surface area contributed by atoms with Crippen molar-refractivity contribution in [3.05, 3.63) is 0 Å². The molecule has 1 unspecified atom stereocenters. The lowest BCUT2D eigenvalue weighted by atomic mass is 9.91. The third-order valence-corrected chi connectivity index (χ3v) is 2.86. The van der Waals surface area contributed by atoms with Crippen LogP contribution in [0.25, 0.3) is 0 Å². The van der Waals surface area contributed by atoms with Crippen LogP contribution in [0.3, 0.4) is 0 Å². The summed E-state index contributed by atoms with van der Waals surface area (Å²) in [6, 6.07) is 0. The van der Waals surface area contributed by atoms with Gasteiger partial charge in [0, 0.05) is 6.10 Å². The van der Waals surface area contributed by atoms with Gasteiger partial charge in [0.25, 0.3) is 7.63 Å². The van der Waals surface area contributed by atoms with E-state index in [-0.39, 0.29) is 11.5 Å². The number of halogens is 1. The van der Waals surface area contributed by atoms with Gasteiger partial charge in [-0.25, -0.2) is 0 Å². The van der Waals surface area contributed by atoms with Gasteiger partial charge in [-0.3, -0.25) is 0 Å². The smallest absolute Gasteiger partial charge is 0.284 e. The molecule has 0 aliphatic heterocycles. The standard InChI is InChI=1S/C8H19ClOSi/c1-7(8(2,3)4)10-11(5,6)9/h7H,1-6H3. The molecule has 0 rings (SSSR count). The zero-order valence-corrected chi connectivity index (χ0v) is 10.1. The molecule has 0 saturated heterocycles. The maximum atomic E-state index is 6.05. The molecule has 3 heteroatoms. The summed E-state index contributed by atoms with van der Waals surface area (Å²) in [5.41, 5.74) is 0.194. The number of rotatable bonds is 2. The van der Waals surface area contributed by atoms with Crippen molar-refractivity contribution in [2.75, 3.05) is 0 Å².